The first-order valence-corrected chi connectivity index (χ1v) is 6.87. The van der Waals surface area contributed by atoms with Crippen LogP contribution in [0.25, 0.3) is 10.4 Å². The fourth-order valence-electron chi connectivity index (χ4n) is 1.74. The number of hydrogen-bond donors (Lipinski definition) is 3. The van der Waals surface area contributed by atoms with Crippen molar-refractivity contribution in [3.8, 4) is 10.4 Å². The van der Waals surface area contributed by atoms with Crippen LogP contribution in [0.4, 0.5) is 13.2 Å². The maximum Gasteiger partial charge on any atom is 0.416 e. The van der Waals surface area contributed by atoms with Crippen molar-refractivity contribution >= 4 is 17.2 Å². The van der Waals surface area contributed by atoms with Crippen LogP contribution in [0.3, 0.4) is 0 Å². The van der Waals surface area contributed by atoms with E-state index in [-0.39, 0.29) is 5.56 Å². The number of halogens is 3. The number of H-pyrrole nitrogens is 1. The summed E-state index contributed by atoms with van der Waals surface area (Å²) in [4.78, 5) is 16.6. The Labute approximate surface area is 122 Å². The lowest BCUT2D eigenvalue weighted by Crippen LogP contribution is -2.40. The Bertz CT molecular complexity index is 633. The van der Waals surface area contributed by atoms with Crippen molar-refractivity contribution in [3.63, 3.8) is 0 Å². The highest BCUT2D eigenvalue weighted by molar-refractivity contribution is 7.15. The van der Waals surface area contributed by atoms with Gasteiger partial charge >= 0.3 is 6.18 Å². The Morgan fingerprint density at radius 2 is 2.14 bits per heavy atom. The average molecular weight is 318 g/mol. The van der Waals surface area contributed by atoms with E-state index in [9.17, 15) is 18.0 Å². The molecule has 2 heterocycles. The lowest BCUT2D eigenvalue weighted by Gasteiger charge is -2.15. The summed E-state index contributed by atoms with van der Waals surface area (Å²) in [6.45, 7) is 1.04. The molecule has 4 nitrogen and oxygen atoms in total. The Morgan fingerprint density at radius 3 is 2.71 bits per heavy atom. The maximum atomic E-state index is 12.2. The minimum absolute atomic E-state index is 0.242. The molecule has 0 unspecified atom stereocenters. The number of thiophene rings is 1. The molecule has 0 aliphatic carbocycles. The molecule has 0 radical (unpaired) electrons. The van der Waals surface area contributed by atoms with Gasteiger partial charge in [-0.25, -0.2) is 0 Å². The highest BCUT2D eigenvalue weighted by Crippen LogP contribution is 2.30. The van der Waals surface area contributed by atoms with Crippen molar-refractivity contribution in [1.82, 2.24) is 10.3 Å². The summed E-state index contributed by atoms with van der Waals surface area (Å²) in [5.74, 6) is -0.666. The van der Waals surface area contributed by atoms with Gasteiger partial charge in [0.15, 0.2) is 6.10 Å². The molecule has 21 heavy (non-hydrogen) atoms. The van der Waals surface area contributed by atoms with Gasteiger partial charge in [0.25, 0.3) is 5.91 Å². The van der Waals surface area contributed by atoms with Crippen molar-refractivity contribution in [2.24, 2.45) is 0 Å². The summed E-state index contributed by atoms with van der Waals surface area (Å²) in [6.07, 6.45) is -4.30. The molecule has 1 amide bonds. The molecule has 0 saturated heterocycles. The Morgan fingerprint density at radius 1 is 1.43 bits per heavy atom. The third-order valence-electron chi connectivity index (χ3n) is 2.83. The van der Waals surface area contributed by atoms with Crippen LogP contribution in [0.1, 0.15) is 15.2 Å². The number of aromatic amines is 1. The lowest BCUT2D eigenvalue weighted by molar-refractivity contribution is -0.201. The first kappa shape index (κ1) is 15.6. The van der Waals surface area contributed by atoms with E-state index in [0.717, 1.165) is 9.75 Å². The first-order valence-electron chi connectivity index (χ1n) is 6.05. The molecule has 114 valence electrons. The second-order valence-corrected chi connectivity index (χ2v) is 5.75. The quantitative estimate of drug-likeness (QED) is 0.811. The number of aryl methyl sites for hydroxylation is 1. The molecule has 0 saturated carbocycles. The van der Waals surface area contributed by atoms with Gasteiger partial charge in [0, 0.05) is 27.7 Å². The zero-order valence-corrected chi connectivity index (χ0v) is 11.8. The number of alkyl halides is 3. The summed E-state index contributed by atoms with van der Waals surface area (Å²) in [5, 5.41) is 11.0. The van der Waals surface area contributed by atoms with Gasteiger partial charge in [-0.1, -0.05) is 0 Å². The zero-order valence-electron chi connectivity index (χ0n) is 11.0. The van der Waals surface area contributed by atoms with E-state index >= 15 is 0 Å². The van der Waals surface area contributed by atoms with Gasteiger partial charge in [0.2, 0.25) is 0 Å². The van der Waals surface area contributed by atoms with Crippen molar-refractivity contribution in [1.29, 1.82) is 0 Å². The Hall–Kier alpha value is -1.80. The molecular weight excluding hydrogens is 305 g/mol. The molecule has 2 aromatic heterocycles. The van der Waals surface area contributed by atoms with Gasteiger partial charge in [-0.05, 0) is 19.1 Å². The number of nitrogens with one attached hydrogen (secondary N) is 2. The molecule has 0 aliphatic rings. The average Bonchev–Trinajstić information content (AvgIpc) is 3.02. The van der Waals surface area contributed by atoms with Crippen molar-refractivity contribution in [2.75, 3.05) is 6.54 Å². The molecule has 2 rings (SSSR count). The first-order chi connectivity index (χ1) is 9.79. The van der Waals surface area contributed by atoms with Crippen LogP contribution in [-0.4, -0.2) is 34.8 Å². The largest absolute Gasteiger partial charge is 0.416 e. The molecular formula is C13H13F3N2O2S. The number of aliphatic hydroxyl groups excluding tert-OH is 1. The number of carbonyl (C=O) groups is 1. The monoisotopic (exact) mass is 318 g/mol. The van der Waals surface area contributed by atoms with Crippen LogP contribution in [0, 0.1) is 6.92 Å². The third kappa shape index (κ3) is 3.64. The van der Waals surface area contributed by atoms with Gasteiger partial charge in [0.1, 0.15) is 0 Å². The van der Waals surface area contributed by atoms with E-state index in [0.29, 0.717) is 5.56 Å². The second kappa shape index (κ2) is 5.90. The van der Waals surface area contributed by atoms with Crippen molar-refractivity contribution < 1.29 is 23.1 Å². The van der Waals surface area contributed by atoms with Crippen molar-refractivity contribution in [3.05, 3.63) is 35.0 Å². The highest BCUT2D eigenvalue weighted by Gasteiger charge is 2.38. The molecule has 3 N–H and O–H groups in total. The number of amides is 1. The molecule has 0 spiro atoms. The highest BCUT2D eigenvalue weighted by atomic mass is 32.1. The van der Waals surface area contributed by atoms with Gasteiger partial charge in [0.05, 0.1) is 12.1 Å². The zero-order chi connectivity index (χ0) is 15.6. The topological polar surface area (TPSA) is 65.1 Å². The molecule has 0 aromatic carbocycles. The van der Waals surface area contributed by atoms with Crippen LogP contribution >= 0.6 is 11.3 Å². The summed E-state index contributed by atoms with van der Waals surface area (Å²) in [7, 11) is 0. The molecule has 1 atom stereocenters. The van der Waals surface area contributed by atoms with Crippen LogP contribution in [0.15, 0.2) is 24.5 Å². The molecule has 2 aromatic rings. The predicted octanol–water partition coefficient (Wildman–Crippen LogP) is 2.70. The van der Waals surface area contributed by atoms with Crippen LogP contribution in [-0.2, 0) is 0 Å². The Balaban J connectivity index is 2.09. The minimum atomic E-state index is -4.75. The van der Waals surface area contributed by atoms with E-state index in [1.54, 1.807) is 6.20 Å². The molecule has 8 heteroatoms. The van der Waals surface area contributed by atoms with E-state index in [2.05, 4.69) is 10.3 Å². The summed E-state index contributed by atoms with van der Waals surface area (Å²) >= 11 is 1.48. The fraction of sp³-hybridized carbons (Fsp3) is 0.308. The number of hydrogen-bond acceptors (Lipinski definition) is 3. The lowest BCUT2D eigenvalue weighted by atomic mass is 10.1. The van der Waals surface area contributed by atoms with E-state index in [4.69, 9.17) is 5.11 Å². The normalized spacial score (nSPS) is 13.2. The number of aromatic nitrogens is 1. The summed E-state index contributed by atoms with van der Waals surface area (Å²) < 4.78 is 36.5. The van der Waals surface area contributed by atoms with Gasteiger partial charge in [-0.15, -0.1) is 11.3 Å². The standard InChI is InChI=1S/C13H13F3N2O2S/c1-7-2-3-10(21-7)8-4-17-5-9(8)12(20)18-6-11(19)13(14,15)16/h2-5,11,17,19H,6H2,1H3,(H,18,20)/t11-/m0/s1. The number of rotatable bonds is 4. The van der Waals surface area contributed by atoms with Gasteiger partial charge in [-0.3, -0.25) is 4.79 Å². The smallest absolute Gasteiger partial charge is 0.382 e. The maximum absolute atomic E-state index is 12.2. The minimum Gasteiger partial charge on any atom is -0.382 e. The summed E-state index contributed by atoms with van der Waals surface area (Å²) in [6, 6.07) is 3.73. The van der Waals surface area contributed by atoms with E-state index in [1.807, 2.05) is 19.1 Å². The van der Waals surface area contributed by atoms with E-state index in [1.165, 1.54) is 17.5 Å². The molecule has 0 aliphatic heterocycles. The van der Waals surface area contributed by atoms with Crippen LogP contribution in [0.5, 0.6) is 0 Å². The SMILES string of the molecule is Cc1ccc(-c2c[nH]cc2C(=O)NC[C@H](O)C(F)(F)F)s1. The van der Waals surface area contributed by atoms with Crippen LogP contribution in [0.2, 0.25) is 0 Å². The Kier molecular flexibility index (Phi) is 4.38. The van der Waals surface area contributed by atoms with Gasteiger partial charge < -0.3 is 15.4 Å². The molecule has 0 fully saturated rings. The van der Waals surface area contributed by atoms with Gasteiger partial charge in [-0.2, -0.15) is 13.2 Å². The summed E-state index contributed by atoms with van der Waals surface area (Å²) in [5.41, 5.74) is 0.860. The third-order valence-corrected chi connectivity index (χ3v) is 3.86. The second-order valence-electron chi connectivity index (χ2n) is 4.46. The van der Waals surface area contributed by atoms with Crippen molar-refractivity contribution in [2.45, 2.75) is 19.2 Å². The predicted molar refractivity (Wildman–Crippen MR) is 73.2 cm³/mol. The fourth-order valence-corrected chi connectivity index (χ4v) is 2.63. The number of carbonyl (C=O) groups excluding carboxylic acids is 1. The number of aliphatic hydroxyl groups is 1. The molecule has 0 bridgehead atoms. The van der Waals surface area contributed by atoms with E-state index < -0.39 is 24.7 Å². The van der Waals surface area contributed by atoms with Crippen LogP contribution < -0.4 is 5.32 Å².